The molecular weight excluding hydrogens is 334 g/mol. The molecule has 8 heteroatoms. The van der Waals surface area contributed by atoms with Gasteiger partial charge < -0.3 is 15.1 Å². The van der Waals surface area contributed by atoms with Gasteiger partial charge in [0.2, 0.25) is 11.8 Å². The summed E-state index contributed by atoms with van der Waals surface area (Å²) in [6, 6.07) is -0.623. The van der Waals surface area contributed by atoms with E-state index >= 15 is 0 Å². The average molecular weight is 359 g/mol. The number of hydrogen-bond donors (Lipinski definition) is 1. The highest BCUT2D eigenvalue weighted by Crippen LogP contribution is 2.29. The molecule has 0 aromatic carbocycles. The van der Waals surface area contributed by atoms with Crippen LogP contribution in [0.5, 0.6) is 0 Å². The van der Waals surface area contributed by atoms with Crippen LogP contribution in [-0.4, -0.2) is 68.7 Å². The molecule has 0 radical (unpaired) electrons. The van der Waals surface area contributed by atoms with Crippen LogP contribution in [0.3, 0.4) is 0 Å². The quantitative estimate of drug-likeness (QED) is 0.842. The second-order valence-electron chi connectivity index (χ2n) is 7.51. The molecule has 1 aromatic rings. The van der Waals surface area contributed by atoms with Gasteiger partial charge in [-0.3, -0.25) is 14.4 Å². The maximum atomic E-state index is 13.1. The molecule has 3 heterocycles. The van der Waals surface area contributed by atoms with Crippen LogP contribution in [0.4, 0.5) is 0 Å². The number of fused-ring (bicyclic) bond motifs is 1. The molecule has 2 saturated heterocycles. The minimum absolute atomic E-state index is 0.0343. The van der Waals surface area contributed by atoms with Crippen LogP contribution < -0.4 is 5.32 Å². The summed E-state index contributed by atoms with van der Waals surface area (Å²) in [6.45, 7) is 6.53. The predicted molar refractivity (Wildman–Crippen MR) is 94.0 cm³/mol. The van der Waals surface area contributed by atoms with Crippen LogP contribution in [0.25, 0.3) is 0 Å². The summed E-state index contributed by atoms with van der Waals surface area (Å²) in [5.74, 6) is -0.0767. The van der Waals surface area contributed by atoms with E-state index in [0.29, 0.717) is 31.5 Å². The van der Waals surface area contributed by atoms with Crippen molar-refractivity contribution in [3.05, 3.63) is 24.3 Å². The SMILES string of the molecule is CC(=O)N[C@H]1C[C@H]2CN(C(=O)c3cncnc3)[C@@H](CC(C)C)C(=O)N2C1. The summed E-state index contributed by atoms with van der Waals surface area (Å²) in [4.78, 5) is 48.8. The second-order valence-corrected chi connectivity index (χ2v) is 7.51. The van der Waals surface area contributed by atoms with Gasteiger partial charge in [-0.2, -0.15) is 0 Å². The first-order valence-corrected chi connectivity index (χ1v) is 9.00. The first kappa shape index (κ1) is 18.3. The summed E-state index contributed by atoms with van der Waals surface area (Å²) in [5.41, 5.74) is 0.388. The lowest BCUT2D eigenvalue weighted by molar-refractivity contribution is -0.142. The van der Waals surface area contributed by atoms with E-state index in [1.54, 1.807) is 4.90 Å². The number of nitrogens with one attached hydrogen (secondary N) is 1. The van der Waals surface area contributed by atoms with Crippen molar-refractivity contribution in [3.63, 3.8) is 0 Å². The molecule has 0 saturated carbocycles. The van der Waals surface area contributed by atoms with Crippen LogP contribution in [0.2, 0.25) is 0 Å². The van der Waals surface area contributed by atoms with Crippen LogP contribution in [0.1, 0.15) is 44.0 Å². The number of piperazine rings is 1. The van der Waals surface area contributed by atoms with Crippen molar-refractivity contribution in [1.29, 1.82) is 0 Å². The predicted octanol–water partition coefficient (Wildman–Crippen LogP) is 0.453. The molecule has 26 heavy (non-hydrogen) atoms. The van der Waals surface area contributed by atoms with E-state index in [-0.39, 0.29) is 35.7 Å². The van der Waals surface area contributed by atoms with Crippen molar-refractivity contribution in [3.8, 4) is 0 Å². The monoisotopic (exact) mass is 359 g/mol. The molecule has 2 aliphatic rings. The van der Waals surface area contributed by atoms with Crippen molar-refractivity contribution in [1.82, 2.24) is 25.1 Å². The molecule has 0 spiro atoms. The number of rotatable bonds is 4. The molecular formula is C18H25N5O3. The van der Waals surface area contributed by atoms with Gasteiger partial charge in [0.25, 0.3) is 5.91 Å². The van der Waals surface area contributed by atoms with E-state index in [2.05, 4.69) is 15.3 Å². The summed E-state index contributed by atoms with van der Waals surface area (Å²) >= 11 is 0. The minimum atomic E-state index is -0.491. The number of aromatic nitrogens is 2. The van der Waals surface area contributed by atoms with E-state index in [1.807, 2.05) is 18.7 Å². The molecule has 3 rings (SSSR count). The lowest BCUT2D eigenvalue weighted by atomic mass is 9.96. The molecule has 2 aliphatic heterocycles. The van der Waals surface area contributed by atoms with E-state index in [9.17, 15) is 14.4 Å². The topological polar surface area (TPSA) is 95.5 Å². The zero-order valence-electron chi connectivity index (χ0n) is 15.4. The Kier molecular flexibility index (Phi) is 5.20. The highest BCUT2D eigenvalue weighted by atomic mass is 16.2. The first-order valence-electron chi connectivity index (χ1n) is 9.00. The standard InChI is InChI=1S/C18H25N5O3/c1-11(2)4-16-18(26)22-8-14(21-12(3)24)5-15(22)9-23(16)17(25)13-6-19-10-20-7-13/h6-7,10-11,14-16H,4-5,8-9H2,1-3H3,(H,21,24)/t14-,15-,16-/m0/s1. The van der Waals surface area contributed by atoms with Crippen molar-refractivity contribution >= 4 is 17.7 Å². The molecule has 0 bridgehead atoms. The molecule has 140 valence electrons. The van der Waals surface area contributed by atoms with Gasteiger partial charge in [-0.1, -0.05) is 13.8 Å². The Labute approximate surface area is 153 Å². The van der Waals surface area contributed by atoms with Crippen molar-refractivity contribution in [2.45, 2.75) is 51.7 Å². The van der Waals surface area contributed by atoms with Gasteiger partial charge >= 0.3 is 0 Å². The zero-order chi connectivity index (χ0) is 18.8. The van der Waals surface area contributed by atoms with Crippen molar-refractivity contribution in [2.75, 3.05) is 13.1 Å². The Morgan fingerprint density at radius 3 is 2.58 bits per heavy atom. The van der Waals surface area contributed by atoms with E-state index in [4.69, 9.17) is 0 Å². The van der Waals surface area contributed by atoms with Gasteiger partial charge in [-0.15, -0.1) is 0 Å². The highest BCUT2D eigenvalue weighted by molar-refractivity contribution is 5.98. The van der Waals surface area contributed by atoms with Gasteiger partial charge in [0, 0.05) is 38.4 Å². The Bertz CT molecular complexity index is 693. The fourth-order valence-corrected chi connectivity index (χ4v) is 3.91. The van der Waals surface area contributed by atoms with Crippen LogP contribution >= 0.6 is 0 Å². The third kappa shape index (κ3) is 3.68. The number of nitrogens with zero attached hydrogens (tertiary/aromatic N) is 4. The fourth-order valence-electron chi connectivity index (χ4n) is 3.91. The Morgan fingerprint density at radius 2 is 1.96 bits per heavy atom. The van der Waals surface area contributed by atoms with Gasteiger partial charge in [0.15, 0.2) is 0 Å². The second kappa shape index (κ2) is 7.39. The minimum Gasteiger partial charge on any atom is -0.352 e. The molecule has 0 aliphatic carbocycles. The van der Waals surface area contributed by atoms with Gasteiger partial charge in [0.05, 0.1) is 11.6 Å². The Morgan fingerprint density at radius 1 is 1.27 bits per heavy atom. The van der Waals surface area contributed by atoms with Crippen LogP contribution in [-0.2, 0) is 9.59 Å². The lowest BCUT2D eigenvalue weighted by Gasteiger charge is -2.43. The van der Waals surface area contributed by atoms with E-state index < -0.39 is 6.04 Å². The van der Waals surface area contributed by atoms with E-state index in [0.717, 1.165) is 0 Å². The molecule has 1 N–H and O–H groups in total. The number of carbonyl (C=O) groups is 3. The number of amides is 3. The number of hydrogen-bond acceptors (Lipinski definition) is 5. The molecule has 8 nitrogen and oxygen atoms in total. The Hall–Kier alpha value is -2.51. The molecule has 3 atom stereocenters. The molecule has 1 aromatic heterocycles. The van der Waals surface area contributed by atoms with E-state index in [1.165, 1.54) is 25.6 Å². The van der Waals surface area contributed by atoms with Gasteiger partial charge in [0.1, 0.15) is 12.4 Å². The first-order chi connectivity index (χ1) is 12.4. The lowest BCUT2D eigenvalue weighted by Crippen LogP contribution is -2.61. The number of carbonyl (C=O) groups excluding carboxylic acids is 3. The smallest absolute Gasteiger partial charge is 0.257 e. The van der Waals surface area contributed by atoms with Crippen molar-refractivity contribution < 1.29 is 14.4 Å². The summed E-state index contributed by atoms with van der Waals surface area (Å²) in [7, 11) is 0. The van der Waals surface area contributed by atoms with Crippen molar-refractivity contribution in [2.24, 2.45) is 5.92 Å². The maximum Gasteiger partial charge on any atom is 0.257 e. The largest absolute Gasteiger partial charge is 0.352 e. The fraction of sp³-hybridized carbons (Fsp3) is 0.611. The highest BCUT2D eigenvalue weighted by Gasteiger charge is 2.47. The maximum absolute atomic E-state index is 13.1. The summed E-state index contributed by atoms with van der Waals surface area (Å²) < 4.78 is 0. The zero-order valence-corrected chi connectivity index (χ0v) is 15.4. The molecule has 3 amide bonds. The van der Waals surface area contributed by atoms with Gasteiger partial charge in [-0.25, -0.2) is 9.97 Å². The third-order valence-corrected chi connectivity index (χ3v) is 4.94. The summed E-state index contributed by atoms with van der Waals surface area (Å²) in [5, 5.41) is 2.89. The summed E-state index contributed by atoms with van der Waals surface area (Å²) in [6.07, 6.45) is 5.60. The average Bonchev–Trinajstić information content (AvgIpc) is 2.99. The Balaban J connectivity index is 1.84. The molecule has 0 unspecified atom stereocenters. The normalized spacial score (nSPS) is 25.4. The van der Waals surface area contributed by atoms with Gasteiger partial charge in [-0.05, 0) is 18.8 Å². The van der Waals surface area contributed by atoms with Crippen LogP contribution in [0.15, 0.2) is 18.7 Å². The third-order valence-electron chi connectivity index (χ3n) is 4.94. The van der Waals surface area contributed by atoms with Crippen LogP contribution in [0, 0.1) is 5.92 Å². The molecule has 2 fully saturated rings.